The van der Waals surface area contributed by atoms with Gasteiger partial charge in [0, 0.05) is 0 Å². The number of halogens is 3. The van der Waals surface area contributed by atoms with Crippen LogP contribution in [-0.4, -0.2) is 48.8 Å². The van der Waals surface area contributed by atoms with E-state index < -0.39 is 41.0 Å². The second kappa shape index (κ2) is 4.79. The van der Waals surface area contributed by atoms with Crippen molar-refractivity contribution < 1.29 is 31.5 Å². The summed E-state index contributed by atoms with van der Waals surface area (Å²) in [5, 5.41) is 8.27. The maximum Gasteiger partial charge on any atom is 0.402 e. The standard InChI is InChI=1S/C6H10F3NO4S/c1-2-15(13,14)10(3-5(11)12)4-6(7,8)9/h2-4H2,1H3,(H,11,12). The number of carboxylic acid groups (broad SMARTS) is 1. The first-order valence-electron chi connectivity index (χ1n) is 3.85. The minimum Gasteiger partial charge on any atom is -0.480 e. The molecule has 5 nitrogen and oxygen atoms in total. The maximum absolute atomic E-state index is 11.9. The van der Waals surface area contributed by atoms with Gasteiger partial charge in [-0.05, 0) is 6.92 Å². The van der Waals surface area contributed by atoms with Gasteiger partial charge in [-0.3, -0.25) is 4.79 Å². The molecule has 0 saturated heterocycles. The molecule has 0 aromatic rings. The van der Waals surface area contributed by atoms with E-state index in [1.54, 1.807) is 0 Å². The van der Waals surface area contributed by atoms with Crippen LogP contribution in [0.2, 0.25) is 0 Å². The molecule has 0 bridgehead atoms. The fourth-order valence-electron chi connectivity index (χ4n) is 0.786. The Morgan fingerprint density at radius 1 is 1.40 bits per heavy atom. The van der Waals surface area contributed by atoms with E-state index in [1.807, 2.05) is 0 Å². The highest BCUT2D eigenvalue weighted by atomic mass is 32.2. The van der Waals surface area contributed by atoms with E-state index in [1.165, 1.54) is 0 Å². The lowest BCUT2D eigenvalue weighted by atomic mass is 10.6. The van der Waals surface area contributed by atoms with Crippen LogP contribution in [0, 0.1) is 0 Å². The summed E-state index contributed by atoms with van der Waals surface area (Å²) in [5.74, 6) is -2.20. The zero-order chi connectivity index (χ0) is 12.3. The van der Waals surface area contributed by atoms with E-state index in [0.717, 1.165) is 6.92 Å². The molecule has 0 atom stereocenters. The Kier molecular flexibility index (Phi) is 4.53. The molecule has 0 unspecified atom stereocenters. The van der Waals surface area contributed by atoms with Crippen LogP contribution in [-0.2, 0) is 14.8 Å². The molecule has 1 N–H and O–H groups in total. The fourth-order valence-corrected chi connectivity index (χ4v) is 1.80. The van der Waals surface area contributed by atoms with E-state index in [-0.39, 0.29) is 4.31 Å². The highest BCUT2D eigenvalue weighted by molar-refractivity contribution is 7.89. The van der Waals surface area contributed by atoms with Gasteiger partial charge in [0.05, 0.1) is 5.75 Å². The molecule has 0 aliphatic carbocycles. The van der Waals surface area contributed by atoms with Crippen LogP contribution in [0.4, 0.5) is 13.2 Å². The summed E-state index contributed by atoms with van der Waals surface area (Å²) in [7, 11) is -4.16. The number of alkyl halides is 3. The highest BCUT2D eigenvalue weighted by Crippen LogP contribution is 2.18. The molecule has 9 heteroatoms. The quantitative estimate of drug-likeness (QED) is 0.759. The zero-order valence-electron chi connectivity index (χ0n) is 7.78. The van der Waals surface area contributed by atoms with Crippen LogP contribution < -0.4 is 0 Å². The lowest BCUT2D eigenvalue weighted by molar-refractivity contribution is -0.145. The van der Waals surface area contributed by atoms with Gasteiger partial charge in [-0.15, -0.1) is 0 Å². The number of aliphatic carboxylic acids is 1. The summed E-state index contributed by atoms with van der Waals surface area (Å²) in [4.78, 5) is 10.2. The maximum atomic E-state index is 11.9. The molecule has 0 aromatic heterocycles. The summed E-state index contributed by atoms with van der Waals surface area (Å²) >= 11 is 0. The average molecular weight is 249 g/mol. The van der Waals surface area contributed by atoms with Gasteiger partial charge < -0.3 is 5.11 Å². The number of hydrogen-bond donors (Lipinski definition) is 1. The molecule has 0 radical (unpaired) electrons. The molecule has 0 spiro atoms. The second-order valence-electron chi connectivity index (χ2n) is 2.68. The second-order valence-corrected chi connectivity index (χ2v) is 4.94. The summed E-state index contributed by atoms with van der Waals surface area (Å²) < 4.78 is 57.8. The van der Waals surface area contributed by atoms with Crippen molar-refractivity contribution in [2.75, 3.05) is 18.8 Å². The third-order valence-electron chi connectivity index (χ3n) is 1.43. The number of sulfonamides is 1. The number of rotatable bonds is 5. The van der Waals surface area contributed by atoms with E-state index in [9.17, 15) is 26.4 Å². The molecular weight excluding hydrogens is 239 g/mol. The Labute approximate surface area is 84.5 Å². The summed E-state index contributed by atoms with van der Waals surface area (Å²) in [5.41, 5.74) is 0. The van der Waals surface area contributed by atoms with Crippen molar-refractivity contribution in [2.45, 2.75) is 13.1 Å². The topological polar surface area (TPSA) is 74.7 Å². The number of hydrogen-bond acceptors (Lipinski definition) is 3. The lowest BCUT2D eigenvalue weighted by Crippen LogP contribution is -2.42. The van der Waals surface area contributed by atoms with Crippen molar-refractivity contribution in [2.24, 2.45) is 0 Å². The minimum absolute atomic E-state index is 0.102. The molecular formula is C6H10F3NO4S. The van der Waals surface area contributed by atoms with E-state index >= 15 is 0 Å². The first kappa shape index (κ1) is 14.2. The van der Waals surface area contributed by atoms with Crippen molar-refractivity contribution in [3.8, 4) is 0 Å². The minimum atomic E-state index is -4.75. The Morgan fingerprint density at radius 3 is 2.13 bits per heavy atom. The van der Waals surface area contributed by atoms with Crippen molar-refractivity contribution in [1.29, 1.82) is 0 Å². The molecule has 0 heterocycles. The molecule has 0 saturated carbocycles. The van der Waals surface area contributed by atoms with Gasteiger partial charge in [0.1, 0.15) is 13.1 Å². The first-order valence-corrected chi connectivity index (χ1v) is 5.46. The number of nitrogens with zero attached hydrogens (tertiary/aromatic N) is 1. The number of carboxylic acids is 1. The fraction of sp³-hybridized carbons (Fsp3) is 0.833. The van der Waals surface area contributed by atoms with E-state index in [0.29, 0.717) is 0 Å². The Bertz CT molecular complexity index is 324. The molecule has 0 rings (SSSR count). The van der Waals surface area contributed by atoms with E-state index in [2.05, 4.69) is 0 Å². The monoisotopic (exact) mass is 249 g/mol. The van der Waals surface area contributed by atoms with Crippen LogP contribution in [0.3, 0.4) is 0 Å². The molecule has 0 aliphatic rings. The smallest absolute Gasteiger partial charge is 0.402 e. The Balaban J connectivity index is 4.83. The third-order valence-corrected chi connectivity index (χ3v) is 3.20. The van der Waals surface area contributed by atoms with E-state index in [4.69, 9.17) is 5.11 Å². The molecule has 90 valence electrons. The summed E-state index contributed by atoms with van der Waals surface area (Å²) in [6.45, 7) is -1.83. The van der Waals surface area contributed by atoms with Crippen LogP contribution >= 0.6 is 0 Å². The van der Waals surface area contributed by atoms with Gasteiger partial charge in [-0.25, -0.2) is 8.42 Å². The summed E-state index contributed by atoms with van der Waals surface area (Å²) in [6, 6.07) is 0. The zero-order valence-corrected chi connectivity index (χ0v) is 8.60. The molecule has 0 fully saturated rings. The van der Waals surface area contributed by atoms with Crippen molar-refractivity contribution in [3.05, 3.63) is 0 Å². The van der Waals surface area contributed by atoms with Crippen LogP contribution in [0.15, 0.2) is 0 Å². The Hall–Kier alpha value is -0.830. The SMILES string of the molecule is CCS(=O)(=O)N(CC(=O)O)CC(F)(F)F. The summed E-state index contributed by atoms with van der Waals surface area (Å²) in [6.07, 6.45) is -4.75. The predicted molar refractivity (Wildman–Crippen MR) is 44.7 cm³/mol. The van der Waals surface area contributed by atoms with Gasteiger partial charge in [-0.1, -0.05) is 0 Å². The van der Waals surface area contributed by atoms with Crippen LogP contribution in [0.1, 0.15) is 6.92 Å². The highest BCUT2D eigenvalue weighted by Gasteiger charge is 2.36. The van der Waals surface area contributed by atoms with Gasteiger partial charge in [0.25, 0.3) is 0 Å². The average Bonchev–Trinajstić information content (AvgIpc) is 1.99. The first-order chi connectivity index (χ1) is 6.58. The van der Waals surface area contributed by atoms with Crippen LogP contribution in [0.25, 0.3) is 0 Å². The van der Waals surface area contributed by atoms with Gasteiger partial charge in [-0.2, -0.15) is 17.5 Å². The Morgan fingerprint density at radius 2 is 1.87 bits per heavy atom. The predicted octanol–water partition coefficient (Wildman–Crippen LogP) is 0.285. The molecule has 0 aromatic carbocycles. The largest absolute Gasteiger partial charge is 0.480 e. The molecule has 0 amide bonds. The van der Waals surface area contributed by atoms with Gasteiger partial charge in [0.15, 0.2) is 0 Å². The van der Waals surface area contributed by atoms with Crippen molar-refractivity contribution in [1.82, 2.24) is 4.31 Å². The van der Waals surface area contributed by atoms with Crippen molar-refractivity contribution >= 4 is 16.0 Å². The molecule has 0 aliphatic heterocycles. The number of carbonyl (C=O) groups is 1. The molecule has 15 heavy (non-hydrogen) atoms. The normalized spacial score (nSPS) is 13.1. The lowest BCUT2D eigenvalue weighted by Gasteiger charge is -2.20. The van der Waals surface area contributed by atoms with Gasteiger partial charge in [0.2, 0.25) is 10.0 Å². The van der Waals surface area contributed by atoms with Gasteiger partial charge >= 0.3 is 12.1 Å². The third kappa shape index (κ3) is 5.57. The van der Waals surface area contributed by atoms with Crippen LogP contribution in [0.5, 0.6) is 0 Å². The van der Waals surface area contributed by atoms with Crippen molar-refractivity contribution in [3.63, 3.8) is 0 Å².